The van der Waals surface area contributed by atoms with Crippen LogP contribution in [0, 0.1) is 5.92 Å². The van der Waals surface area contributed by atoms with Crippen molar-refractivity contribution in [2.24, 2.45) is 10.9 Å². The fraction of sp³-hybridized carbons (Fsp3) is 0.800. The molecule has 6 heteroatoms. The first kappa shape index (κ1) is 17.9. The van der Waals surface area contributed by atoms with Gasteiger partial charge in [-0.3, -0.25) is 9.79 Å². The molecule has 0 saturated carbocycles. The number of ether oxygens (including phenoxy) is 1. The molecule has 0 aromatic rings. The van der Waals surface area contributed by atoms with Crippen molar-refractivity contribution < 1.29 is 9.53 Å². The van der Waals surface area contributed by atoms with Gasteiger partial charge in [0.2, 0.25) is 0 Å². The van der Waals surface area contributed by atoms with E-state index in [4.69, 9.17) is 0 Å². The molecule has 96 valence electrons. The highest BCUT2D eigenvalue weighted by Gasteiger charge is 2.12. The first-order valence-electron chi connectivity index (χ1n) is 5.18. The molecule has 1 unspecified atom stereocenters. The molecule has 2 N–H and O–H groups in total. The van der Waals surface area contributed by atoms with Crippen LogP contribution >= 0.6 is 24.0 Å². The Kier molecular flexibility index (Phi) is 12.2. The lowest BCUT2D eigenvalue weighted by Gasteiger charge is -2.14. The Morgan fingerprint density at radius 3 is 2.50 bits per heavy atom. The van der Waals surface area contributed by atoms with Gasteiger partial charge in [-0.15, -0.1) is 24.0 Å². The molecule has 0 bridgehead atoms. The normalized spacial score (nSPS) is 12.4. The van der Waals surface area contributed by atoms with Crippen LogP contribution < -0.4 is 10.6 Å². The molecule has 0 spiro atoms. The highest BCUT2D eigenvalue weighted by Crippen LogP contribution is 1.94. The van der Waals surface area contributed by atoms with E-state index in [9.17, 15) is 4.79 Å². The summed E-state index contributed by atoms with van der Waals surface area (Å²) in [6, 6.07) is 0. The first-order chi connectivity index (χ1) is 7.15. The largest absolute Gasteiger partial charge is 0.469 e. The monoisotopic (exact) mass is 343 g/mol. The number of hydrogen-bond acceptors (Lipinski definition) is 3. The SMILES string of the molecule is CCCNC(=NC)NCC(C)C(=O)OC.I. The van der Waals surface area contributed by atoms with Crippen LogP contribution in [0.3, 0.4) is 0 Å². The van der Waals surface area contributed by atoms with Gasteiger partial charge in [0.25, 0.3) is 0 Å². The van der Waals surface area contributed by atoms with E-state index in [-0.39, 0.29) is 35.9 Å². The van der Waals surface area contributed by atoms with E-state index in [1.165, 1.54) is 7.11 Å². The van der Waals surface area contributed by atoms with Crippen molar-refractivity contribution in [3.63, 3.8) is 0 Å². The number of hydrogen-bond donors (Lipinski definition) is 2. The van der Waals surface area contributed by atoms with E-state index in [1.54, 1.807) is 7.05 Å². The Morgan fingerprint density at radius 1 is 1.44 bits per heavy atom. The van der Waals surface area contributed by atoms with Crippen LogP contribution in [-0.2, 0) is 9.53 Å². The summed E-state index contributed by atoms with van der Waals surface area (Å²) in [4.78, 5) is 15.1. The second-order valence-electron chi connectivity index (χ2n) is 3.30. The van der Waals surface area contributed by atoms with Gasteiger partial charge in [-0.25, -0.2) is 0 Å². The average molecular weight is 343 g/mol. The van der Waals surface area contributed by atoms with Crippen LogP contribution in [0.25, 0.3) is 0 Å². The summed E-state index contributed by atoms with van der Waals surface area (Å²) in [5.41, 5.74) is 0. The van der Waals surface area contributed by atoms with Crippen molar-refractivity contribution in [2.75, 3.05) is 27.2 Å². The fourth-order valence-corrected chi connectivity index (χ4v) is 0.998. The summed E-state index contributed by atoms with van der Waals surface area (Å²) >= 11 is 0. The van der Waals surface area contributed by atoms with Crippen molar-refractivity contribution in [1.82, 2.24) is 10.6 Å². The van der Waals surface area contributed by atoms with Crippen LogP contribution in [0.2, 0.25) is 0 Å². The third-order valence-corrected chi connectivity index (χ3v) is 1.95. The maximum atomic E-state index is 11.1. The molecular formula is C10H22IN3O2. The third kappa shape index (κ3) is 7.72. The minimum Gasteiger partial charge on any atom is -0.469 e. The second-order valence-corrected chi connectivity index (χ2v) is 3.30. The standard InChI is InChI=1S/C10H21N3O2.HI/c1-5-6-12-10(11-3)13-7-8(2)9(14)15-4;/h8H,5-7H2,1-4H3,(H2,11,12,13);1H. The number of esters is 1. The molecule has 16 heavy (non-hydrogen) atoms. The maximum Gasteiger partial charge on any atom is 0.310 e. The van der Waals surface area contributed by atoms with E-state index in [0.29, 0.717) is 12.5 Å². The van der Waals surface area contributed by atoms with Gasteiger partial charge in [0.15, 0.2) is 5.96 Å². The van der Waals surface area contributed by atoms with Crippen molar-refractivity contribution in [3.8, 4) is 0 Å². The minimum absolute atomic E-state index is 0. The first-order valence-corrected chi connectivity index (χ1v) is 5.18. The molecule has 0 fully saturated rings. The van der Waals surface area contributed by atoms with Gasteiger partial charge in [-0.1, -0.05) is 13.8 Å². The smallest absolute Gasteiger partial charge is 0.310 e. The summed E-state index contributed by atoms with van der Waals surface area (Å²) in [5, 5.41) is 6.18. The molecule has 0 radical (unpaired) electrons. The number of halogens is 1. The zero-order valence-corrected chi connectivity index (χ0v) is 12.7. The summed E-state index contributed by atoms with van der Waals surface area (Å²) in [6.07, 6.45) is 1.03. The topological polar surface area (TPSA) is 62.7 Å². The van der Waals surface area contributed by atoms with E-state index in [2.05, 4.69) is 27.3 Å². The number of methoxy groups -OCH3 is 1. The van der Waals surface area contributed by atoms with E-state index in [0.717, 1.165) is 13.0 Å². The summed E-state index contributed by atoms with van der Waals surface area (Å²) in [7, 11) is 3.09. The molecule has 0 aromatic carbocycles. The Bertz CT molecular complexity index is 222. The molecule has 0 saturated heterocycles. The molecule has 0 aliphatic carbocycles. The number of nitrogens with zero attached hydrogens (tertiary/aromatic N) is 1. The fourth-order valence-electron chi connectivity index (χ4n) is 0.998. The zero-order valence-electron chi connectivity index (χ0n) is 10.4. The Hall–Kier alpha value is -0.530. The predicted molar refractivity (Wildman–Crippen MR) is 76.3 cm³/mol. The molecule has 5 nitrogen and oxygen atoms in total. The van der Waals surface area contributed by atoms with Gasteiger partial charge in [0.1, 0.15) is 0 Å². The Morgan fingerprint density at radius 2 is 2.06 bits per heavy atom. The number of nitrogens with one attached hydrogen (secondary N) is 2. The quantitative estimate of drug-likeness (QED) is 0.338. The average Bonchev–Trinajstić information content (AvgIpc) is 2.27. The Balaban J connectivity index is 0. The number of carbonyl (C=O) groups excluding carboxylic acids is 1. The maximum absolute atomic E-state index is 11.1. The van der Waals surface area contributed by atoms with Gasteiger partial charge in [-0.2, -0.15) is 0 Å². The molecule has 0 aromatic heterocycles. The van der Waals surface area contributed by atoms with Crippen LogP contribution in [0.1, 0.15) is 20.3 Å². The molecule has 0 aliphatic heterocycles. The van der Waals surface area contributed by atoms with Crippen molar-refractivity contribution in [3.05, 3.63) is 0 Å². The zero-order chi connectivity index (χ0) is 11.7. The minimum atomic E-state index is -0.214. The number of carbonyl (C=O) groups is 1. The van der Waals surface area contributed by atoms with Crippen molar-refractivity contribution in [1.29, 1.82) is 0 Å². The van der Waals surface area contributed by atoms with Crippen LogP contribution in [0.5, 0.6) is 0 Å². The van der Waals surface area contributed by atoms with E-state index in [1.807, 2.05) is 6.92 Å². The van der Waals surface area contributed by atoms with Crippen LogP contribution in [0.15, 0.2) is 4.99 Å². The highest BCUT2D eigenvalue weighted by atomic mass is 127. The molecule has 0 heterocycles. The third-order valence-electron chi connectivity index (χ3n) is 1.95. The lowest BCUT2D eigenvalue weighted by Crippen LogP contribution is -2.41. The molecular weight excluding hydrogens is 321 g/mol. The summed E-state index contributed by atoms with van der Waals surface area (Å²) in [5.74, 6) is 0.330. The number of guanidine groups is 1. The Labute approximate surface area is 114 Å². The highest BCUT2D eigenvalue weighted by molar-refractivity contribution is 14.0. The van der Waals surface area contributed by atoms with Gasteiger partial charge in [0, 0.05) is 20.1 Å². The molecule has 0 rings (SSSR count). The molecule has 1 atom stereocenters. The lowest BCUT2D eigenvalue weighted by molar-refractivity contribution is -0.144. The van der Waals surface area contributed by atoms with E-state index >= 15 is 0 Å². The summed E-state index contributed by atoms with van der Waals surface area (Å²) in [6.45, 7) is 5.28. The van der Waals surface area contributed by atoms with Gasteiger partial charge in [-0.05, 0) is 6.42 Å². The van der Waals surface area contributed by atoms with Gasteiger partial charge < -0.3 is 15.4 Å². The lowest BCUT2D eigenvalue weighted by atomic mass is 10.2. The second kappa shape index (κ2) is 11.0. The summed E-state index contributed by atoms with van der Waals surface area (Å²) < 4.78 is 4.62. The van der Waals surface area contributed by atoms with E-state index < -0.39 is 0 Å². The predicted octanol–water partition coefficient (Wildman–Crippen LogP) is 0.989. The van der Waals surface area contributed by atoms with Gasteiger partial charge >= 0.3 is 5.97 Å². The van der Waals surface area contributed by atoms with Gasteiger partial charge in [0.05, 0.1) is 13.0 Å². The molecule has 0 aliphatic rings. The van der Waals surface area contributed by atoms with Crippen LogP contribution in [-0.4, -0.2) is 39.2 Å². The van der Waals surface area contributed by atoms with Crippen molar-refractivity contribution >= 4 is 35.9 Å². The van der Waals surface area contributed by atoms with Crippen LogP contribution in [0.4, 0.5) is 0 Å². The number of rotatable bonds is 5. The number of aliphatic imine (C=N–C) groups is 1. The van der Waals surface area contributed by atoms with Crippen molar-refractivity contribution in [2.45, 2.75) is 20.3 Å². The molecule has 0 amide bonds.